The average molecular weight is 285 g/mol. The Morgan fingerprint density at radius 3 is 2.65 bits per heavy atom. The van der Waals surface area contributed by atoms with Crippen molar-refractivity contribution in [1.82, 2.24) is 10.3 Å². The molecule has 0 aliphatic heterocycles. The molecule has 0 aliphatic carbocycles. The minimum atomic E-state index is 0.0707. The summed E-state index contributed by atoms with van der Waals surface area (Å²) in [4.78, 5) is 4.32. The predicted octanol–water partition coefficient (Wildman–Crippen LogP) is 3.75. The Balaban J connectivity index is 2.01. The zero-order valence-corrected chi connectivity index (χ0v) is 12.8. The number of aryl methyl sites for hydroxylation is 1. The van der Waals surface area contributed by atoms with E-state index in [0.29, 0.717) is 5.11 Å². The summed E-state index contributed by atoms with van der Waals surface area (Å²) in [6, 6.07) is 12.1. The van der Waals surface area contributed by atoms with Gasteiger partial charge in [-0.25, -0.2) is 0 Å². The zero-order chi connectivity index (χ0) is 14.5. The monoisotopic (exact) mass is 285 g/mol. The Bertz CT molecular complexity index is 596. The molecule has 1 aromatic carbocycles. The largest absolute Gasteiger partial charge is 0.354 e. The lowest BCUT2D eigenvalue weighted by Gasteiger charge is -2.18. The molecule has 0 spiro atoms. The van der Waals surface area contributed by atoms with E-state index < -0.39 is 0 Å². The summed E-state index contributed by atoms with van der Waals surface area (Å²) < 4.78 is 0. The van der Waals surface area contributed by atoms with Crippen LogP contribution in [0.1, 0.15) is 29.8 Å². The molecule has 0 aliphatic rings. The van der Waals surface area contributed by atoms with Gasteiger partial charge in [0.1, 0.15) is 0 Å². The van der Waals surface area contributed by atoms with Gasteiger partial charge in [-0.15, -0.1) is 0 Å². The van der Waals surface area contributed by atoms with Crippen LogP contribution in [0.3, 0.4) is 0 Å². The SMILES string of the molecule is Cc1cccc(NC(=S)N[C@@H](C)c2ccccn2)c1C. The van der Waals surface area contributed by atoms with Gasteiger partial charge in [0.2, 0.25) is 0 Å². The molecule has 0 unspecified atom stereocenters. The summed E-state index contributed by atoms with van der Waals surface area (Å²) in [5.74, 6) is 0. The number of nitrogens with one attached hydrogen (secondary N) is 2. The Kier molecular flexibility index (Phi) is 4.69. The average Bonchev–Trinajstić information content (AvgIpc) is 2.45. The lowest BCUT2D eigenvalue weighted by molar-refractivity contribution is 0.696. The second kappa shape index (κ2) is 6.48. The molecule has 2 N–H and O–H groups in total. The van der Waals surface area contributed by atoms with Gasteiger partial charge in [0.15, 0.2) is 5.11 Å². The smallest absolute Gasteiger partial charge is 0.171 e. The molecule has 0 fully saturated rings. The van der Waals surface area contributed by atoms with Crippen molar-refractivity contribution in [2.24, 2.45) is 0 Å². The summed E-state index contributed by atoms with van der Waals surface area (Å²) >= 11 is 5.37. The van der Waals surface area contributed by atoms with Crippen molar-refractivity contribution in [1.29, 1.82) is 0 Å². The first-order valence-electron chi connectivity index (χ1n) is 6.62. The molecule has 104 valence electrons. The van der Waals surface area contributed by atoms with Crippen LogP contribution in [0, 0.1) is 13.8 Å². The van der Waals surface area contributed by atoms with Crippen molar-refractivity contribution in [3.63, 3.8) is 0 Å². The normalized spacial score (nSPS) is 11.8. The fourth-order valence-electron chi connectivity index (χ4n) is 1.95. The van der Waals surface area contributed by atoms with E-state index in [4.69, 9.17) is 12.2 Å². The fourth-order valence-corrected chi connectivity index (χ4v) is 2.23. The Labute approximate surface area is 125 Å². The second-order valence-corrected chi connectivity index (χ2v) is 5.23. The van der Waals surface area contributed by atoms with Crippen molar-refractivity contribution in [2.45, 2.75) is 26.8 Å². The van der Waals surface area contributed by atoms with Crippen LogP contribution in [0.25, 0.3) is 0 Å². The molecule has 2 rings (SSSR count). The number of pyridine rings is 1. The number of benzene rings is 1. The van der Waals surface area contributed by atoms with Crippen molar-refractivity contribution in [3.8, 4) is 0 Å². The van der Waals surface area contributed by atoms with E-state index in [0.717, 1.165) is 11.4 Å². The Morgan fingerprint density at radius 2 is 1.95 bits per heavy atom. The van der Waals surface area contributed by atoms with Gasteiger partial charge >= 0.3 is 0 Å². The van der Waals surface area contributed by atoms with Crippen LogP contribution in [-0.2, 0) is 0 Å². The maximum Gasteiger partial charge on any atom is 0.171 e. The number of thiocarbonyl (C=S) groups is 1. The Hall–Kier alpha value is -1.94. The molecule has 0 amide bonds. The van der Waals surface area contributed by atoms with Gasteiger partial charge in [0.25, 0.3) is 0 Å². The topological polar surface area (TPSA) is 37.0 Å². The zero-order valence-electron chi connectivity index (χ0n) is 12.0. The van der Waals surface area contributed by atoms with Crippen molar-refractivity contribution < 1.29 is 0 Å². The van der Waals surface area contributed by atoms with E-state index in [-0.39, 0.29) is 6.04 Å². The van der Waals surface area contributed by atoms with Gasteiger partial charge in [-0.2, -0.15) is 0 Å². The highest BCUT2D eigenvalue weighted by Gasteiger charge is 2.08. The molecule has 2 aromatic rings. The molecule has 3 nitrogen and oxygen atoms in total. The molecule has 1 atom stereocenters. The minimum absolute atomic E-state index is 0.0707. The summed E-state index contributed by atoms with van der Waals surface area (Å²) in [6.07, 6.45) is 1.79. The lowest BCUT2D eigenvalue weighted by Crippen LogP contribution is -2.31. The number of anilines is 1. The first-order valence-corrected chi connectivity index (χ1v) is 7.03. The molecule has 0 saturated heterocycles. The highest BCUT2D eigenvalue weighted by Crippen LogP contribution is 2.18. The number of hydrogen-bond acceptors (Lipinski definition) is 2. The van der Waals surface area contributed by atoms with E-state index in [9.17, 15) is 0 Å². The molecule has 4 heteroatoms. The van der Waals surface area contributed by atoms with E-state index in [1.54, 1.807) is 6.20 Å². The van der Waals surface area contributed by atoms with Crippen molar-refractivity contribution >= 4 is 23.0 Å². The van der Waals surface area contributed by atoms with Crippen LogP contribution in [0.2, 0.25) is 0 Å². The standard InChI is InChI=1S/C16H19N3S/c1-11-7-6-9-14(12(11)2)19-16(20)18-13(3)15-8-4-5-10-17-15/h4-10,13H,1-3H3,(H2,18,19,20)/t13-/m0/s1. The first kappa shape index (κ1) is 14.5. The number of rotatable bonds is 3. The van der Waals surface area contributed by atoms with Gasteiger partial charge < -0.3 is 10.6 Å². The van der Waals surface area contributed by atoms with Gasteiger partial charge in [-0.05, 0) is 62.3 Å². The van der Waals surface area contributed by atoms with E-state index in [1.165, 1.54) is 11.1 Å². The third-order valence-corrected chi connectivity index (χ3v) is 3.55. The van der Waals surface area contributed by atoms with Gasteiger partial charge in [0, 0.05) is 11.9 Å². The number of hydrogen-bond donors (Lipinski definition) is 2. The van der Waals surface area contributed by atoms with Gasteiger partial charge in [-0.3, -0.25) is 4.98 Å². The van der Waals surface area contributed by atoms with Crippen LogP contribution in [0.5, 0.6) is 0 Å². The first-order chi connectivity index (χ1) is 9.58. The van der Waals surface area contributed by atoms with Crippen molar-refractivity contribution in [3.05, 3.63) is 59.4 Å². The molecule has 0 radical (unpaired) electrons. The minimum Gasteiger partial charge on any atom is -0.354 e. The van der Waals surface area contributed by atoms with Crippen LogP contribution >= 0.6 is 12.2 Å². The molecular formula is C16H19N3S. The van der Waals surface area contributed by atoms with Gasteiger partial charge in [0.05, 0.1) is 11.7 Å². The molecule has 20 heavy (non-hydrogen) atoms. The van der Waals surface area contributed by atoms with Crippen LogP contribution < -0.4 is 10.6 Å². The fraction of sp³-hybridized carbons (Fsp3) is 0.250. The second-order valence-electron chi connectivity index (χ2n) is 4.82. The van der Waals surface area contributed by atoms with Gasteiger partial charge in [-0.1, -0.05) is 18.2 Å². The molecule has 1 aromatic heterocycles. The van der Waals surface area contributed by atoms with E-state index in [1.807, 2.05) is 37.3 Å². The summed E-state index contributed by atoms with van der Waals surface area (Å²) in [6.45, 7) is 6.22. The Morgan fingerprint density at radius 1 is 1.15 bits per heavy atom. The lowest BCUT2D eigenvalue weighted by atomic mass is 10.1. The number of nitrogens with zero attached hydrogens (tertiary/aromatic N) is 1. The highest BCUT2D eigenvalue weighted by molar-refractivity contribution is 7.80. The third kappa shape index (κ3) is 3.54. The maximum absolute atomic E-state index is 5.37. The molecular weight excluding hydrogens is 266 g/mol. The molecule has 0 saturated carbocycles. The maximum atomic E-state index is 5.37. The molecule has 0 bridgehead atoms. The van der Waals surface area contributed by atoms with Crippen LogP contribution in [0.15, 0.2) is 42.6 Å². The summed E-state index contributed by atoms with van der Waals surface area (Å²) in [5, 5.41) is 7.10. The molecule has 1 heterocycles. The van der Waals surface area contributed by atoms with Crippen molar-refractivity contribution in [2.75, 3.05) is 5.32 Å². The quantitative estimate of drug-likeness (QED) is 0.842. The van der Waals surface area contributed by atoms with Crippen LogP contribution in [0.4, 0.5) is 5.69 Å². The van der Waals surface area contributed by atoms with E-state index in [2.05, 4.69) is 35.5 Å². The highest BCUT2D eigenvalue weighted by atomic mass is 32.1. The summed E-state index contributed by atoms with van der Waals surface area (Å²) in [7, 11) is 0. The van der Waals surface area contributed by atoms with E-state index >= 15 is 0 Å². The number of aromatic nitrogens is 1. The third-order valence-electron chi connectivity index (χ3n) is 3.33. The van der Waals surface area contributed by atoms with Crippen LogP contribution in [-0.4, -0.2) is 10.1 Å². The predicted molar refractivity (Wildman–Crippen MR) is 87.9 cm³/mol. The summed E-state index contributed by atoms with van der Waals surface area (Å²) in [5.41, 5.74) is 4.46.